The summed E-state index contributed by atoms with van der Waals surface area (Å²) in [5.41, 5.74) is 17.2. The molecule has 20 heavy (non-hydrogen) atoms. The summed E-state index contributed by atoms with van der Waals surface area (Å²) < 4.78 is 6.72. The fourth-order valence-electron chi connectivity index (χ4n) is 1.46. The summed E-state index contributed by atoms with van der Waals surface area (Å²) in [5, 5.41) is 10.9. The summed E-state index contributed by atoms with van der Waals surface area (Å²) in [5.74, 6) is 0.237. The molecule has 104 valence electrons. The Balaban J connectivity index is 2.39. The topological polar surface area (TPSA) is 156 Å². The molecule has 0 atom stereocenters. The number of aromatic nitrogens is 4. The minimum Gasteiger partial charge on any atom is -0.494 e. The van der Waals surface area contributed by atoms with Crippen molar-refractivity contribution in [2.24, 2.45) is 27.2 Å². The van der Waals surface area contributed by atoms with E-state index in [2.05, 4.69) is 25.5 Å². The lowest BCUT2D eigenvalue weighted by Crippen LogP contribution is -2.26. The van der Waals surface area contributed by atoms with Gasteiger partial charge in [0.15, 0.2) is 5.96 Å². The van der Waals surface area contributed by atoms with Crippen LogP contribution in [0, 0.1) is 0 Å². The van der Waals surface area contributed by atoms with E-state index < -0.39 is 0 Å². The van der Waals surface area contributed by atoms with Crippen LogP contribution >= 0.6 is 0 Å². The number of ether oxygens (including phenoxy) is 1. The first-order valence-electron chi connectivity index (χ1n) is 5.45. The molecule has 0 amide bonds. The van der Waals surface area contributed by atoms with Crippen LogP contribution in [-0.4, -0.2) is 39.2 Å². The third-order valence-corrected chi connectivity index (χ3v) is 2.26. The average Bonchev–Trinajstić information content (AvgIpc) is 2.92. The second-order valence-electron chi connectivity index (χ2n) is 3.62. The van der Waals surface area contributed by atoms with E-state index in [1.54, 1.807) is 18.2 Å². The summed E-state index contributed by atoms with van der Waals surface area (Å²) in [6, 6.07) is 5.14. The molecule has 0 saturated heterocycles. The molecular formula is C10H13N9O. The molecule has 0 saturated carbocycles. The molecule has 0 aliphatic carbocycles. The Kier molecular flexibility index (Phi) is 3.75. The molecule has 2 aromatic rings. The van der Waals surface area contributed by atoms with E-state index in [0.29, 0.717) is 17.1 Å². The molecule has 1 heterocycles. The third kappa shape index (κ3) is 2.98. The van der Waals surface area contributed by atoms with Crippen molar-refractivity contribution in [2.75, 3.05) is 7.11 Å². The predicted octanol–water partition coefficient (Wildman–Crippen LogP) is -1.11. The molecule has 1 aromatic heterocycles. The lowest BCUT2D eigenvalue weighted by atomic mass is 10.2. The molecule has 6 N–H and O–H groups in total. The molecular weight excluding hydrogens is 262 g/mol. The van der Waals surface area contributed by atoms with E-state index in [1.165, 1.54) is 18.1 Å². The van der Waals surface area contributed by atoms with Crippen LogP contribution in [0.25, 0.3) is 5.69 Å². The van der Waals surface area contributed by atoms with Gasteiger partial charge in [0.25, 0.3) is 0 Å². The zero-order valence-corrected chi connectivity index (χ0v) is 10.6. The Labute approximate surface area is 113 Å². The minimum absolute atomic E-state index is 0.0709. The highest BCUT2D eigenvalue weighted by Crippen LogP contribution is 2.29. The molecule has 1 aromatic carbocycles. The summed E-state index contributed by atoms with van der Waals surface area (Å²) in [6.07, 6.45) is 1.46. The van der Waals surface area contributed by atoms with Crippen molar-refractivity contribution in [1.82, 2.24) is 20.2 Å². The van der Waals surface area contributed by atoms with Gasteiger partial charge in [-0.1, -0.05) is 0 Å². The molecule has 0 unspecified atom stereocenters. The zero-order valence-electron chi connectivity index (χ0n) is 10.6. The number of rotatable bonds is 3. The van der Waals surface area contributed by atoms with Crippen molar-refractivity contribution in [3.05, 3.63) is 24.5 Å². The fourth-order valence-corrected chi connectivity index (χ4v) is 1.46. The van der Waals surface area contributed by atoms with Crippen LogP contribution < -0.4 is 21.9 Å². The zero-order chi connectivity index (χ0) is 14.5. The summed E-state index contributed by atoms with van der Waals surface area (Å²) >= 11 is 0. The number of tetrazole rings is 1. The van der Waals surface area contributed by atoms with Gasteiger partial charge in [0.05, 0.1) is 12.8 Å². The molecule has 0 aliphatic heterocycles. The van der Waals surface area contributed by atoms with Crippen LogP contribution in [0.15, 0.2) is 34.5 Å². The Morgan fingerprint density at radius 3 is 2.70 bits per heavy atom. The normalized spacial score (nSPS) is 11.2. The van der Waals surface area contributed by atoms with E-state index in [-0.39, 0.29) is 11.9 Å². The molecule has 2 rings (SSSR count). The van der Waals surface area contributed by atoms with E-state index in [9.17, 15) is 0 Å². The number of guanidine groups is 2. The lowest BCUT2D eigenvalue weighted by Gasteiger charge is -2.07. The smallest absolute Gasteiger partial charge is 0.223 e. The van der Waals surface area contributed by atoms with Gasteiger partial charge in [-0.25, -0.2) is 9.67 Å². The van der Waals surface area contributed by atoms with Crippen molar-refractivity contribution < 1.29 is 4.74 Å². The van der Waals surface area contributed by atoms with Gasteiger partial charge in [-0.05, 0) is 22.6 Å². The monoisotopic (exact) mass is 275 g/mol. The van der Waals surface area contributed by atoms with Gasteiger partial charge >= 0.3 is 0 Å². The first-order chi connectivity index (χ1) is 9.60. The number of aliphatic imine (C=N–C) groups is 2. The first-order valence-corrected chi connectivity index (χ1v) is 5.45. The Morgan fingerprint density at radius 1 is 1.30 bits per heavy atom. The minimum atomic E-state index is -0.171. The lowest BCUT2D eigenvalue weighted by molar-refractivity contribution is 0.416. The molecule has 0 fully saturated rings. The Morgan fingerprint density at radius 2 is 2.10 bits per heavy atom. The predicted molar refractivity (Wildman–Crippen MR) is 72.8 cm³/mol. The summed E-state index contributed by atoms with van der Waals surface area (Å²) in [6.45, 7) is 0. The first kappa shape index (κ1) is 13.3. The maximum Gasteiger partial charge on any atom is 0.223 e. The number of nitrogens with zero attached hydrogens (tertiary/aromatic N) is 6. The molecule has 0 spiro atoms. The van der Waals surface area contributed by atoms with Crippen LogP contribution in [0.2, 0.25) is 0 Å². The molecule has 10 nitrogen and oxygen atoms in total. The van der Waals surface area contributed by atoms with Crippen LogP contribution in [0.1, 0.15) is 0 Å². The number of methoxy groups -OCH3 is 1. The summed E-state index contributed by atoms with van der Waals surface area (Å²) in [4.78, 5) is 7.68. The van der Waals surface area contributed by atoms with Gasteiger partial charge in [-0.3, -0.25) is 0 Å². The number of hydrogen-bond acceptors (Lipinski definition) is 5. The van der Waals surface area contributed by atoms with Crippen LogP contribution in [0.3, 0.4) is 0 Å². The highest BCUT2D eigenvalue weighted by atomic mass is 16.5. The Bertz CT molecular complexity index is 643. The van der Waals surface area contributed by atoms with E-state index in [0.717, 1.165) is 0 Å². The standard InChI is InChI=1S/C10H13N9O/c1-20-8-4-6(19-5-14-17-18-19)2-3-7(8)15-10(13)16-9(11)12/h2-5H,1H3,(H6,11,12,13,15,16). The molecule has 0 radical (unpaired) electrons. The van der Waals surface area contributed by atoms with Crippen molar-refractivity contribution in [3.8, 4) is 11.4 Å². The van der Waals surface area contributed by atoms with Crippen LogP contribution in [0.5, 0.6) is 5.75 Å². The quantitative estimate of drug-likeness (QED) is 0.473. The van der Waals surface area contributed by atoms with E-state index in [1.807, 2.05) is 0 Å². The molecule has 0 aliphatic rings. The van der Waals surface area contributed by atoms with Gasteiger partial charge < -0.3 is 21.9 Å². The van der Waals surface area contributed by atoms with Crippen molar-refractivity contribution in [2.45, 2.75) is 0 Å². The van der Waals surface area contributed by atoms with Crippen LogP contribution in [-0.2, 0) is 0 Å². The fraction of sp³-hybridized carbons (Fsp3) is 0.100. The van der Waals surface area contributed by atoms with Crippen molar-refractivity contribution in [3.63, 3.8) is 0 Å². The highest BCUT2D eigenvalue weighted by Gasteiger charge is 2.06. The molecule has 0 bridgehead atoms. The van der Waals surface area contributed by atoms with E-state index in [4.69, 9.17) is 21.9 Å². The van der Waals surface area contributed by atoms with Crippen molar-refractivity contribution >= 4 is 17.6 Å². The van der Waals surface area contributed by atoms with Gasteiger partial charge in [-0.2, -0.15) is 4.99 Å². The average molecular weight is 275 g/mol. The third-order valence-electron chi connectivity index (χ3n) is 2.26. The van der Waals surface area contributed by atoms with Crippen LogP contribution in [0.4, 0.5) is 5.69 Å². The maximum absolute atomic E-state index is 5.57. The summed E-state index contributed by atoms with van der Waals surface area (Å²) in [7, 11) is 1.51. The SMILES string of the molecule is COc1cc(-n2cnnn2)ccc1N=C(N)N=C(N)N. The van der Waals surface area contributed by atoms with Gasteiger partial charge in [-0.15, -0.1) is 5.10 Å². The van der Waals surface area contributed by atoms with Gasteiger partial charge in [0, 0.05) is 6.07 Å². The van der Waals surface area contributed by atoms with Crippen molar-refractivity contribution in [1.29, 1.82) is 0 Å². The number of benzene rings is 1. The number of hydrogen-bond donors (Lipinski definition) is 3. The second-order valence-corrected chi connectivity index (χ2v) is 3.62. The Hall–Kier alpha value is -3.17. The largest absolute Gasteiger partial charge is 0.494 e. The maximum atomic E-state index is 5.57. The highest BCUT2D eigenvalue weighted by molar-refractivity contribution is 5.93. The second kappa shape index (κ2) is 5.65. The van der Waals surface area contributed by atoms with E-state index >= 15 is 0 Å². The number of nitrogens with two attached hydrogens (primary N) is 3. The molecule has 10 heteroatoms. The van der Waals surface area contributed by atoms with Gasteiger partial charge in [0.1, 0.15) is 17.8 Å². The van der Waals surface area contributed by atoms with Gasteiger partial charge in [0.2, 0.25) is 5.96 Å².